The van der Waals surface area contributed by atoms with Crippen molar-refractivity contribution in [3.8, 4) is 0 Å². The first-order valence-electron chi connectivity index (χ1n) is 14.0. The fourth-order valence-corrected chi connectivity index (χ4v) is 3.90. The Labute approximate surface area is 269 Å². The van der Waals surface area contributed by atoms with Crippen LogP contribution in [-0.2, 0) is 15.1 Å². The molecule has 2 unspecified atom stereocenters. The van der Waals surface area contributed by atoms with Crippen molar-refractivity contribution in [3.63, 3.8) is 0 Å². The molecule has 0 saturated heterocycles. The van der Waals surface area contributed by atoms with Gasteiger partial charge in [0.2, 0.25) is 0 Å². The number of carboxylic acids is 1. The van der Waals surface area contributed by atoms with E-state index in [2.05, 4.69) is 53.0 Å². The molecule has 0 amide bonds. The summed E-state index contributed by atoms with van der Waals surface area (Å²) in [6.45, 7) is 9.52. The first kappa shape index (κ1) is 45.3. The molecule has 0 aliphatic heterocycles. The van der Waals surface area contributed by atoms with E-state index in [-0.39, 0.29) is 19.0 Å². The van der Waals surface area contributed by atoms with Gasteiger partial charge in [-0.2, -0.15) is 8.42 Å². The number of aliphatic hydroxyl groups is 1. The maximum absolute atomic E-state index is 11.9. The van der Waals surface area contributed by atoms with Crippen molar-refractivity contribution in [2.24, 2.45) is 11.8 Å². The monoisotopic (exact) mass is 664 g/mol. The highest BCUT2D eigenvalue weighted by molar-refractivity contribution is 7.80. The molecule has 43 heavy (non-hydrogen) atoms. The van der Waals surface area contributed by atoms with Crippen molar-refractivity contribution in [2.75, 3.05) is 13.2 Å². The molecular weight excluding hydrogens is 613 g/mol. The molecule has 2 aromatic rings. The van der Waals surface area contributed by atoms with E-state index in [1.54, 1.807) is 30.3 Å². The van der Waals surface area contributed by atoms with Gasteiger partial charge in [0.15, 0.2) is 0 Å². The number of carbonyl (C=O) groups excluding carboxylic acids is 1. The highest BCUT2D eigenvalue weighted by Gasteiger charge is 2.13. The van der Waals surface area contributed by atoms with Crippen LogP contribution >= 0.6 is 25.3 Å². The number of aliphatic hydroxyl groups excluding tert-OH is 1. The van der Waals surface area contributed by atoms with E-state index in [4.69, 9.17) is 32.5 Å². The van der Waals surface area contributed by atoms with E-state index in [1.165, 1.54) is 38.2 Å². The summed E-state index contributed by atoms with van der Waals surface area (Å²) in [5.74, 6) is -0.174. The van der Waals surface area contributed by atoms with Crippen molar-refractivity contribution in [2.45, 2.75) is 96.3 Å². The average Bonchev–Trinajstić information content (AvgIpc) is 2.94. The molecule has 0 fully saturated rings. The van der Waals surface area contributed by atoms with Crippen molar-refractivity contribution in [1.82, 2.24) is 0 Å². The van der Waals surface area contributed by atoms with E-state index in [1.807, 2.05) is 12.1 Å². The number of carbonyl (C=O) groups is 2. The van der Waals surface area contributed by atoms with Crippen molar-refractivity contribution >= 4 is 47.6 Å². The maximum atomic E-state index is 11.9. The minimum Gasteiger partial charge on any atom is -0.478 e. The van der Waals surface area contributed by atoms with Gasteiger partial charge in [-0.05, 0) is 48.9 Å². The minimum atomic E-state index is -4.67. The number of rotatable bonds is 13. The third-order valence-corrected chi connectivity index (χ3v) is 6.83. The Bertz CT molecular complexity index is 1100. The second kappa shape index (κ2) is 27.5. The fourth-order valence-electron chi connectivity index (χ4n) is 3.39. The third kappa shape index (κ3) is 26.1. The Morgan fingerprint density at radius 2 is 1.19 bits per heavy atom. The van der Waals surface area contributed by atoms with Crippen LogP contribution in [-0.4, -0.2) is 52.9 Å². The zero-order chi connectivity index (χ0) is 32.6. The smallest absolute Gasteiger partial charge is 0.394 e. The van der Waals surface area contributed by atoms with E-state index in [9.17, 15) is 9.59 Å². The molecule has 2 rings (SSSR count). The molecule has 0 aliphatic carbocycles. The number of hydrogen-bond acceptors (Lipinski definition) is 8. The number of carboxylic acid groups (broad SMARTS) is 1. The number of aromatic carboxylic acids is 1. The molecule has 9 nitrogen and oxygen atoms in total. The lowest BCUT2D eigenvalue weighted by atomic mass is 10.0. The van der Waals surface area contributed by atoms with Gasteiger partial charge < -0.3 is 14.9 Å². The molecule has 248 valence electrons. The summed E-state index contributed by atoms with van der Waals surface area (Å²) in [5.41, 5.74) is 0.789. The maximum Gasteiger partial charge on any atom is 0.394 e. The molecule has 12 heteroatoms. The predicted molar refractivity (Wildman–Crippen MR) is 179 cm³/mol. The number of unbranched alkanes of at least 4 members (excludes halogenated alkanes) is 2. The largest absolute Gasteiger partial charge is 0.478 e. The molecule has 0 saturated carbocycles. The van der Waals surface area contributed by atoms with Crippen LogP contribution in [0.15, 0.2) is 58.3 Å². The van der Waals surface area contributed by atoms with E-state index < -0.39 is 16.4 Å². The van der Waals surface area contributed by atoms with Crippen LogP contribution in [0, 0.1) is 11.8 Å². The summed E-state index contributed by atoms with van der Waals surface area (Å²) in [5, 5.41) is 17.3. The number of ether oxygens (including phenoxy) is 1. The SMILES string of the molecule is C.CCCCC(CC)CO.CCCCC(CC)COC(=O)c1ccccc1S.O=C(O)c1ccccc1S.O=S(=O)(O)O. The van der Waals surface area contributed by atoms with Crippen LogP contribution < -0.4 is 0 Å². The fraction of sp³-hybridized carbons (Fsp3) is 0.548. The molecule has 0 bridgehead atoms. The van der Waals surface area contributed by atoms with Crippen LogP contribution in [0.2, 0.25) is 0 Å². The summed E-state index contributed by atoms with van der Waals surface area (Å²) in [6.07, 6.45) is 9.39. The zero-order valence-electron chi connectivity index (χ0n) is 25.0. The average molecular weight is 665 g/mol. The van der Waals surface area contributed by atoms with Crippen molar-refractivity contribution in [3.05, 3.63) is 59.7 Å². The molecule has 0 heterocycles. The van der Waals surface area contributed by atoms with Gasteiger partial charge in [0.05, 0.1) is 17.7 Å². The van der Waals surface area contributed by atoms with E-state index in [0.717, 1.165) is 19.3 Å². The Balaban J connectivity index is -0.000000545. The highest BCUT2D eigenvalue weighted by atomic mass is 32.3. The van der Waals surface area contributed by atoms with Crippen LogP contribution in [0.4, 0.5) is 0 Å². The summed E-state index contributed by atoms with van der Waals surface area (Å²) < 4.78 is 37.0. The van der Waals surface area contributed by atoms with Crippen molar-refractivity contribution in [1.29, 1.82) is 0 Å². The first-order valence-corrected chi connectivity index (χ1v) is 16.3. The zero-order valence-corrected chi connectivity index (χ0v) is 27.6. The molecule has 0 aromatic heterocycles. The number of thiol groups is 2. The minimum absolute atomic E-state index is 0. The highest BCUT2D eigenvalue weighted by Crippen LogP contribution is 2.17. The van der Waals surface area contributed by atoms with Gasteiger partial charge in [-0.3, -0.25) is 9.11 Å². The molecular formula is C31H52O9S3. The van der Waals surface area contributed by atoms with Gasteiger partial charge in [-0.15, -0.1) is 25.3 Å². The Morgan fingerprint density at radius 3 is 1.51 bits per heavy atom. The summed E-state index contributed by atoms with van der Waals surface area (Å²) in [7, 11) is -4.67. The first-order chi connectivity index (χ1) is 19.7. The lowest BCUT2D eigenvalue weighted by Gasteiger charge is -2.15. The van der Waals surface area contributed by atoms with Crippen LogP contribution in [0.5, 0.6) is 0 Å². The molecule has 2 aromatic carbocycles. The molecule has 2 atom stereocenters. The van der Waals surface area contributed by atoms with Crippen LogP contribution in [0.3, 0.4) is 0 Å². The van der Waals surface area contributed by atoms with Gasteiger partial charge in [0, 0.05) is 16.4 Å². The lowest BCUT2D eigenvalue weighted by molar-refractivity contribution is 0.0424. The summed E-state index contributed by atoms with van der Waals surface area (Å²) in [4.78, 5) is 23.4. The number of benzene rings is 2. The van der Waals surface area contributed by atoms with Gasteiger partial charge in [0.1, 0.15) is 0 Å². The second-order valence-electron chi connectivity index (χ2n) is 9.40. The molecule has 0 aliphatic rings. The quantitative estimate of drug-likeness (QED) is 0.0705. The summed E-state index contributed by atoms with van der Waals surface area (Å²) >= 11 is 8.22. The summed E-state index contributed by atoms with van der Waals surface area (Å²) in [6, 6.07) is 13.8. The van der Waals surface area contributed by atoms with Gasteiger partial charge >= 0.3 is 22.3 Å². The molecule has 0 spiro atoms. The van der Waals surface area contributed by atoms with E-state index in [0.29, 0.717) is 40.4 Å². The van der Waals surface area contributed by atoms with Crippen LogP contribution in [0.1, 0.15) is 107 Å². The van der Waals surface area contributed by atoms with Gasteiger partial charge in [0.25, 0.3) is 0 Å². The Kier molecular flexibility index (Phi) is 29.0. The van der Waals surface area contributed by atoms with E-state index >= 15 is 0 Å². The normalized spacial score (nSPS) is 11.5. The molecule has 4 N–H and O–H groups in total. The van der Waals surface area contributed by atoms with Gasteiger partial charge in [-0.25, -0.2) is 9.59 Å². The van der Waals surface area contributed by atoms with Gasteiger partial charge in [-0.1, -0.05) is 97.9 Å². The molecule has 0 radical (unpaired) electrons. The Hall–Kier alpha value is -2.09. The standard InChI is InChI=1S/C15H22O2S.C8H18O.C7H6O2S.CH4.H2O4S/c1-3-5-8-12(4-2)11-17-15(16)13-9-6-7-10-14(13)18;1-3-5-6-8(4-2)7-9;8-7(9)5-3-1-2-4-6(5)10;;1-5(2,3)4/h6-7,9-10,12,18H,3-5,8,11H2,1-2H3;8-9H,3-7H2,1-2H3;1-4,10H,(H,8,9);1H4;(H2,1,2,3,4). The number of esters is 1. The Morgan fingerprint density at radius 1 is 0.791 bits per heavy atom. The number of hydrogen-bond donors (Lipinski definition) is 6. The third-order valence-electron chi connectivity index (χ3n) is 6.05. The lowest BCUT2D eigenvalue weighted by Crippen LogP contribution is -2.14. The topological polar surface area (TPSA) is 158 Å². The predicted octanol–water partition coefficient (Wildman–Crippen LogP) is 8.20. The second-order valence-corrected chi connectivity index (χ2v) is 11.3. The van der Waals surface area contributed by atoms with Crippen LogP contribution in [0.25, 0.3) is 0 Å². The van der Waals surface area contributed by atoms with Crippen molar-refractivity contribution < 1.29 is 42.1 Å².